The van der Waals surface area contributed by atoms with E-state index in [-0.39, 0.29) is 5.41 Å². The van der Waals surface area contributed by atoms with E-state index in [1.807, 2.05) is 0 Å². The van der Waals surface area contributed by atoms with Crippen LogP contribution in [-0.2, 0) is 4.79 Å². The molecule has 5 atom stereocenters. The summed E-state index contributed by atoms with van der Waals surface area (Å²) in [7, 11) is 0. The van der Waals surface area contributed by atoms with Crippen molar-refractivity contribution in [2.75, 3.05) is 0 Å². The lowest BCUT2D eigenvalue weighted by atomic mass is 9.58. The second-order valence-electron chi connectivity index (χ2n) is 6.41. The Labute approximate surface area is 79.9 Å². The smallest absolute Gasteiger partial charge is 0.140 e. The number of Topliss-reactive ketones (excluding diaryl/α,β-unsaturated/α-hetero) is 1. The van der Waals surface area contributed by atoms with E-state index < -0.39 is 0 Å². The summed E-state index contributed by atoms with van der Waals surface area (Å²) in [4.78, 5) is 12.0. The van der Waals surface area contributed by atoms with Crippen molar-refractivity contribution in [3.63, 3.8) is 0 Å². The lowest BCUT2D eigenvalue weighted by molar-refractivity contribution is -0.134. The molecule has 0 amide bonds. The van der Waals surface area contributed by atoms with Crippen LogP contribution in [0.5, 0.6) is 0 Å². The zero-order chi connectivity index (χ0) is 9.59. The van der Waals surface area contributed by atoms with Crippen LogP contribution in [0.15, 0.2) is 0 Å². The van der Waals surface area contributed by atoms with E-state index >= 15 is 0 Å². The van der Waals surface area contributed by atoms with Crippen molar-refractivity contribution in [2.24, 2.45) is 34.5 Å². The lowest BCUT2D eigenvalue weighted by Gasteiger charge is -2.45. The molecule has 0 heterocycles. The standard InChI is InChI=1S/C12H18O/c1-6-7-9-10(13)8(6)11(2,3)5-12(7,9)4/h6-9H,5H2,1-4H3/t6-,7+,8-,9+,12+/m1/s1. The lowest BCUT2D eigenvalue weighted by Crippen LogP contribution is -2.44. The van der Waals surface area contributed by atoms with Crippen molar-refractivity contribution in [2.45, 2.75) is 34.1 Å². The van der Waals surface area contributed by atoms with Crippen LogP contribution in [0.4, 0.5) is 0 Å². The second kappa shape index (κ2) is 1.74. The molecule has 0 aromatic carbocycles. The summed E-state index contributed by atoms with van der Waals surface area (Å²) in [6, 6.07) is 0. The van der Waals surface area contributed by atoms with Gasteiger partial charge in [0.05, 0.1) is 0 Å². The molecule has 13 heavy (non-hydrogen) atoms. The van der Waals surface area contributed by atoms with Gasteiger partial charge in [0.1, 0.15) is 5.78 Å². The van der Waals surface area contributed by atoms with E-state index in [2.05, 4.69) is 27.7 Å². The molecule has 0 radical (unpaired) electrons. The van der Waals surface area contributed by atoms with Gasteiger partial charge in [-0.25, -0.2) is 0 Å². The first-order chi connectivity index (χ1) is 5.89. The minimum absolute atomic E-state index is 0.273. The molecule has 1 nitrogen and oxygen atoms in total. The quantitative estimate of drug-likeness (QED) is 0.557. The van der Waals surface area contributed by atoms with Crippen LogP contribution in [0, 0.1) is 34.5 Å². The van der Waals surface area contributed by atoms with Crippen LogP contribution in [0.25, 0.3) is 0 Å². The fourth-order valence-corrected chi connectivity index (χ4v) is 5.08. The van der Waals surface area contributed by atoms with Gasteiger partial charge in [-0.1, -0.05) is 27.7 Å². The number of carbonyl (C=O) groups excluding carboxylic acids is 1. The molecule has 0 unspecified atom stereocenters. The summed E-state index contributed by atoms with van der Waals surface area (Å²) in [5.74, 6) is 2.84. The van der Waals surface area contributed by atoms with Gasteiger partial charge in [-0.2, -0.15) is 0 Å². The van der Waals surface area contributed by atoms with Crippen LogP contribution < -0.4 is 0 Å². The summed E-state index contributed by atoms with van der Waals surface area (Å²) in [6.07, 6.45) is 1.27. The topological polar surface area (TPSA) is 17.1 Å². The van der Waals surface area contributed by atoms with Crippen molar-refractivity contribution in [1.82, 2.24) is 0 Å². The largest absolute Gasteiger partial charge is 0.299 e. The fourth-order valence-electron chi connectivity index (χ4n) is 5.08. The highest BCUT2D eigenvalue weighted by Crippen LogP contribution is 2.79. The highest BCUT2D eigenvalue weighted by Gasteiger charge is 2.79. The van der Waals surface area contributed by atoms with E-state index in [1.54, 1.807) is 0 Å². The minimum atomic E-state index is 0.273. The maximum atomic E-state index is 12.0. The second-order valence-corrected chi connectivity index (χ2v) is 6.41. The SMILES string of the molecule is C[C@@H]1[C@H]2[C@H]3C(=O)[C@@H]1C(C)(C)C[C@@]23C. The van der Waals surface area contributed by atoms with Crippen LogP contribution in [-0.4, -0.2) is 5.78 Å². The van der Waals surface area contributed by atoms with Crippen molar-refractivity contribution in [3.8, 4) is 0 Å². The maximum Gasteiger partial charge on any atom is 0.140 e. The zero-order valence-corrected chi connectivity index (χ0v) is 8.92. The van der Waals surface area contributed by atoms with E-state index in [9.17, 15) is 4.79 Å². The average Bonchev–Trinajstić information content (AvgIpc) is 2.40. The molecule has 0 saturated heterocycles. The Hall–Kier alpha value is -0.330. The molecule has 4 rings (SSSR count). The van der Waals surface area contributed by atoms with Crippen LogP contribution in [0.1, 0.15) is 34.1 Å². The number of ketones is 1. The third-order valence-electron chi connectivity index (χ3n) is 5.11. The molecule has 1 heteroatoms. The normalized spacial score (nSPS) is 61.1. The molecule has 4 fully saturated rings. The summed E-state index contributed by atoms with van der Waals surface area (Å²) in [5, 5.41) is 0. The molecule has 4 bridgehead atoms. The van der Waals surface area contributed by atoms with E-state index in [1.165, 1.54) is 6.42 Å². The molecule has 72 valence electrons. The van der Waals surface area contributed by atoms with Crippen molar-refractivity contribution >= 4 is 5.78 Å². The predicted molar refractivity (Wildman–Crippen MR) is 51.1 cm³/mol. The molecule has 0 aliphatic heterocycles. The first-order valence-electron chi connectivity index (χ1n) is 5.43. The van der Waals surface area contributed by atoms with Crippen molar-refractivity contribution in [3.05, 3.63) is 0 Å². The van der Waals surface area contributed by atoms with Crippen LogP contribution in [0.2, 0.25) is 0 Å². The summed E-state index contributed by atoms with van der Waals surface area (Å²) < 4.78 is 0. The summed E-state index contributed by atoms with van der Waals surface area (Å²) in [6.45, 7) is 9.18. The molecule has 4 aliphatic rings. The molecule has 0 N–H and O–H groups in total. The number of hydrogen-bond donors (Lipinski definition) is 0. The van der Waals surface area contributed by atoms with Gasteiger partial charge in [0.2, 0.25) is 0 Å². The van der Waals surface area contributed by atoms with Gasteiger partial charge in [-0.05, 0) is 29.1 Å². The Bertz CT molecular complexity index is 301. The van der Waals surface area contributed by atoms with E-state index in [4.69, 9.17) is 0 Å². The molecule has 0 aromatic heterocycles. The number of fused-ring (bicyclic) bond motifs is 1. The van der Waals surface area contributed by atoms with Gasteiger partial charge in [-0.15, -0.1) is 0 Å². The van der Waals surface area contributed by atoms with Crippen molar-refractivity contribution in [1.29, 1.82) is 0 Å². The summed E-state index contributed by atoms with van der Waals surface area (Å²) in [5.41, 5.74) is 0.670. The molecule has 4 saturated carbocycles. The molecule has 0 aromatic rings. The molecular formula is C12H18O. The van der Waals surface area contributed by atoms with Gasteiger partial charge in [0.15, 0.2) is 0 Å². The first kappa shape index (κ1) is 8.02. The first-order valence-corrected chi connectivity index (χ1v) is 5.43. The monoisotopic (exact) mass is 178 g/mol. The highest BCUT2D eigenvalue weighted by atomic mass is 16.1. The summed E-state index contributed by atoms with van der Waals surface area (Å²) >= 11 is 0. The molecule has 0 spiro atoms. The maximum absolute atomic E-state index is 12.0. The van der Waals surface area contributed by atoms with Crippen molar-refractivity contribution < 1.29 is 4.79 Å². The third kappa shape index (κ3) is 0.628. The third-order valence-corrected chi connectivity index (χ3v) is 5.11. The average molecular weight is 178 g/mol. The van der Waals surface area contributed by atoms with Gasteiger partial charge < -0.3 is 0 Å². The number of hydrogen-bond acceptors (Lipinski definition) is 1. The minimum Gasteiger partial charge on any atom is -0.299 e. The fraction of sp³-hybridized carbons (Fsp3) is 0.917. The van der Waals surface area contributed by atoms with Crippen LogP contribution >= 0.6 is 0 Å². The Morgan fingerprint density at radius 1 is 1.23 bits per heavy atom. The van der Waals surface area contributed by atoms with E-state index in [0.29, 0.717) is 29.0 Å². The van der Waals surface area contributed by atoms with Gasteiger partial charge in [0.25, 0.3) is 0 Å². The molecule has 4 aliphatic carbocycles. The van der Waals surface area contributed by atoms with Gasteiger partial charge in [-0.3, -0.25) is 4.79 Å². The Morgan fingerprint density at radius 3 is 2.23 bits per heavy atom. The van der Waals surface area contributed by atoms with Crippen LogP contribution in [0.3, 0.4) is 0 Å². The van der Waals surface area contributed by atoms with Gasteiger partial charge >= 0.3 is 0 Å². The Morgan fingerprint density at radius 2 is 1.85 bits per heavy atom. The number of rotatable bonds is 0. The Balaban J connectivity index is 2.11. The highest BCUT2D eigenvalue weighted by molar-refractivity contribution is 5.93. The van der Waals surface area contributed by atoms with Gasteiger partial charge in [0, 0.05) is 11.8 Å². The Kier molecular flexibility index (Phi) is 1.07. The zero-order valence-electron chi connectivity index (χ0n) is 8.92. The van der Waals surface area contributed by atoms with E-state index in [0.717, 1.165) is 5.92 Å². The predicted octanol–water partition coefficient (Wildman–Crippen LogP) is 2.50. The number of carbonyl (C=O) groups is 1. The molecular weight excluding hydrogens is 160 g/mol.